The molecule has 4 heterocycles. The molecule has 1 aromatic heterocycles. The molecule has 210 valence electrons. The lowest BCUT2D eigenvalue weighted by Gasteiger charge is -2.32. The predicted octanol–water partition coefficient (Wildman–Crippen LogP) is 5.44. The van der Waals surface area contributed by atoms with Crippen LogP contribution in [0.4, 0.5) is 0 Å². The minimum absolute atomic E-state index is 0.100. The van der Waals surface area contributed by atoms with Crippen molar-refractivity contribution in [3.05, 3.63) is 81.7 Å². The number of aliphatic hydroxyl groups is 1. The van der Waals surface area contributed by atoms with Gasteiger partial charge < -0.3 is 24.2 Å². The molecule has 3 saturated heterocycles. The lowest BCUT2D eigenvalue weighted by Crippen LogP contribution is -2.43. The van der Waals surface area contributed by atoms with Crippen LogP contribution in [0, 0.1) is 6.92 Å². The van der Waals surface area contributed by atoms with Gasteiger partial charge in [0.1, 0.15) is 6.10 Å². The van der Waals surface area contributed by atoms with Crippen molar-refractivity contribution in [2.75, 3.05) is 39.8 Å². The molecule has 3 aliphatic heterocycles. The Kier molecular flexibility index (Phi) is 9.19. The van der Waals surface area contributed by atoms with Crippen molar-refractivity contribution >= 4 is 11.3 Å². The highest BCUT2D eigenvalue weighted by Crippen LogP contribution is 2.34. The first-order valence-electron chi connectivity index (χ1n) is 14.0. The zero-order chi connectivity index (χ0) is 27.4. The Morgan fingerprint density at radius 2 is 1.79 bits per heavy atom. The molecule has 6 nitrogen and oxygen atoms in total. The van der Waals surface area contributed by atoms with Crippen molar-refractivity contribution < 1.29 is 19.3 Å². The number of benzene rings is 2. The Morgan fingerprint density at radius 1 is 0.974 bits per heavy atom. The fraction of sp³-hybridized carbons (Fsp3) is 0.500. The Bertz CT molecular complexity index is 1220. The SMILES string of the molecule is CC1(C)OC2CCOC2O1.Cc1ccc(CO)cc1Cc1ccc(-c2cccc(CN3CCN(C)CC3)c2)s1. The number of hydrogen-bond acceptors (Lipinski definition) is 7. The highest BCUT2D eigenvalue weighted by molar-refractivity contribution is 7.15. The van der Waals surface area contributed by atoms with Gasteiger partial charge in [-0.05, 0) is 73.8 Å². The number of rotatable bonds is 6. The zero-order valence-electron chi connectivity index (χ0n) is 23.7. The lowest BCUT2D eigenvalue weighted by atomic mass is 10.0. The van der Waals surface area contributed by atoms with Crippen molar-refractivity contribution in [3.63, 3.8) is 0 Å². The quantitative estimate of drug-likeness (QED) is 0.441. The molecular weight excluding hydrogens is 508 g/mol. The summed E-state index contributed by atoms with van der Waals surface area (Å²) in [5, 5.41) is 9.43. The first-order valence-corrected chi connectivity index (χ1v) is 14.8. The Labute approximate surface area is 237 Å². The highest BCUT2D eigenvalue weighted by Gasteiger charge is 2.44. The number of fused-ring (bicyclic) bond motifs is 1. The molecular formula is C32H42N2O4S. The Balaban J connectivity index is 0.000000257. The second-order valence-corrected chi connectivity index (χ2v) is 12.5. The molecule has 0 amide bonds. The number of hydrogen-bond donors (Lipinski definition) is 1. The fourth-order valence-corrected chi connectivity index (χ4v) is 6.38. The maximum absolute atomic E-state index is 9.43. The molecule has 0 bridgehead atoms. The molecule has 2 unspecified atom stereocenters. The molecule has 0 radical (unpaired) electrons. The third kappa shape index (κ3) is 7.55. The van der Waals surface area contributed by atoms with E-state index in [1.54, 1.807) is 0 Å². The number of piperazine rings is 1. The smallest absolute Gasteiger partial charge is 0.187 e. The van der Waals surface area contributed by atoms with Crippen molar-refractivity contribution in [2.24, 2.45) is 0 Å². The van der Waals surface area contributed by atoms with E-state index in [2.05, 4.69) is 72.3 Å². The van der Waals surface area contributed by atoms with E-state index in [9.17, 15) is 5.11 Å². The third-order valence-electron chi connectivity index (χ3n) is 7.66. The van der Waals surface area contributed by atoms with E-state index < -0.39 is 5.79 Å². The van der Waals surface area contributed by atoms with Gasteiger partial charge in [0.25, 0.3) is 0 Å². The molecule has 39 heavy (non-hydrogen) atoms. The van der Waals surface area contributed by atoms with Crippen molar-refractivity contribution in [2.45, 2.75) is 64.9 Å². The number of aryl methyl sites for hydroxylation is 1. The van der Waals surface area contributed by atoms with Gasteiger partial charge in [0, 0.05) is 55.3 Å². The van der Waals surface area contributed by atoms with E-state index in [1.807, 2.05) is 31.3 Å². The van der Waals surface area contributed by atoms with Crippen molar-refractivity contribution in [1.29, 1.82) is 0 Å². The number of nitrogens with zero attached hydrogens (tertiary/aromatic N) is 2. The maximum atomic E-state index is 9.43. The average molecular weight is 551 g/mol. The minimum atomic E-state index is -0.435. The van der Waals surface area contributed by atoms with Crippen LogP contribution in [-0.2, 0) is 33.8 Å². The first-order chi connectivity index (χ1) is 18.8. The van der Waals surface area contributed by atoms with Crippen LogP contribution in [0.15, 0.2) is 54.6 Å². The third-order valence-corrected chi connectivity index (χ3v) is 8.79. The van der Waals surface area contributed by atoms with E-state index in [1.165, 1.54) is 32.0 Å². The summed E-state index contributed by atoms with van der Waals surface area (Å²) in [5.41, 5.74) is 6.28. The molecule has 0 spiro atoms. The average Bonchev–Trinajstić information content (AvgIpc) is 3.62. The molecule has 6 rings (SSSR count). The summed E-state index contributed by atoms with van der Waals surface area (Å²) in [6.07, 6.45) is 1.96. The van der Waals surface area contributed by atoms with Gasteiger partial charge in [-0.3, -0.25) is 4.90 Å². The second-order valence-electron chi connectivity index (χ2n) is 11.3. The van der Waals surface area contributed by atoms with Crippen LogP contribution in [0.5, 0.6) is 0 Å². The zero-order valence-corrected chi connectivity index (χ0v) is 24.5. The summed E-state index contributed by atoms with van der Waals surface area (Å²) in [7, 11) is 2.20. The van der Waals surface area contributed by atoms with Gasteiger partial charge in [-0.25, -0.2) is 0 Å². The van der Waals surface area contributed by atoms with Gasteiger partial charge in [0.15, 0.2) is 12.1 Å². The van der Waals surface area contributed by atoms with Gasteiger partial charge in [-0.15, -0.1) is 11.3 Å². The van der Waals surface area contributed by atoms with E-state index in [0.717, 1.165) is 57.7 Å². The predicted molar refractivity (Wildman–Crippen MR) is 157 cm³/mol. The topological polar surface area (TPSA) is 54.4 Å². The Morgan fingerprint density at radius 3 is 2.56 bits per heavy atom. The summed E-state index contributed by atoms with van der Waals surface area (Å²) in [4.78, 5) is 7.65. The monoisotopic (exact) mass is 550 g/mol. The van der Waals surface area contributed by atoms with E-state index >= 15 is 0 Å². The first kappa shape index (κ1) is 28.4. The van der Waals surface area contributed by atoms with Crippen LogP contribution < -0.4 is 0 Å². The summed E-state index contributed by atoms with van der Waals surface area (Å²) < 4.78 is 16.2. The Hall–Kier alpha value is -2.10. The molecule has 0 aliphatic carbocycles. The highest BCUT2D eigenvalue weighted by atomic mass is 32.1. The van der Waals surface area contributed by atoms with Crippen LogP contribution in [0.25, 0.3) is 10.4 Å². The summed E-state index contributed by atoms with van der Waals surface area (Å²) in [6, 6.07) is 19.8. The van der Waals surface area contributed by atoms with Gasteiger partial charge >= 0.3 is 0 Å². The number of likely N-dealkylation sites (N-methyl/N-ethyl adjacent to an activating group) is 1. The number of aliphatic hydroxyl groups excluding tert-OH is 1. The summed E-state index contributed by atoms with van der Waals surface area (Å²) >= 11 is 1.88. The normalized spacial score (nSPS) is 22.9. The standard InChI is InChI=1S/C25H30N2OS.C7H12O3/c1-19-6-7-21(18-28)15-23(19)16-24-8-9-25(29-24)22-5-3-4-20(14-22)17-27-12-10-26(2)11-13-27;1-7(2)9-5-3-4-8-6(5)10-7/h3-9,14-15,28H,10-13,16-18H2,1-2H3;5-6H,3-4H2,1-2H3. The minimum Gasteiger partial charge on any atom is -0.392 e. The van der Waals surface area contributed by atoms with Crippen LogP contribution in [0.1, 0.15) is 47.4 Å². The molecule has 2 atom stereocenters. The largest absolute Gasteiger partial charge is 0.392 e. The number of thiophene rings is 1. The second kappa shape index (κ2) is 12.6. The molecule has 3 aromatic rings. The van der Waals surface area contributed by atoms with Crippen molar-refractivity contribution in [3.8, 4) is 10.4 Å². The van der Waals surface area contributed by atoms with Gasteiger partial charge in [0.2, 0.25) is 0 Å². The van der Waals surface area contributed by atoms with Crippen LogP contribution in [-0.4, -0.2) is 72.9 Å². The summed E-state index contributed by atoms with van der Waals surface area (Å²) in [6.45, 7) is 12.5. The van der Waals surface area contributed by atoms with E-state index in [4.69, 9.17) is 14.2 Å². The van der Waals surface area contributed by atoms with Crippen molar-refractivity contribution in [1.82, 2.24) is 9.80 Å². The van der Waals surface area contributed by atoms with Crippen LogP contribution >= 0.6 is 11.3 Å². The van der Waals surface area contributed by atoms with E-state index in [-0.39, 0.29) is 19.0 Å². The van der Waals surface area contributed by atoms with Gasteiger partial charge in [0.05, 0.1) is 13.2 Å². The van der Waals surface area contributed by atoms with Gasteiger partial charge in [-0.2, -0.15) is 0 Å². The summed E-state index contributed by atoms with van der Waals surface area (Å²) in [5.74, 6) is -0.435. The molecule has 7 heteroatoms. The van der Waals surface area contributed by atoms with Crippen LogP contribution in [0.2, 0.25) is 0 Å². The van der Waals surface area contributed by atoms with Crippen LogP contribution in [0.3, 0.4) is 0 Å². The maximum Gasteiger partial charge on any atom is 0.187 e. The van der Waals surface area contributed by atoms with Gasteiger partial charge in [-0.1, -0.05) is 36.4 Å². The molecule has 3 fully saturated rings. The van der Waals surface area contributed by atoms with E-state index in [0.29, 0.717) is 0 Å². The molecule has 3 aliphatic rings. The molecule has 1 N–H and O–H groups in total. The number of ether oxygens (including phenoxy) is 3. The lowest BCUT2D eigenvalue weighted by molar-refractivity contribution is -0.192. The molecule has 2 aromatic carbocycles. The fourth-order valence-electron chi connectivity index (χ4n) is 5.36. The molecule has 0 saturated carbocycles.